The smallest absolute Gasteiger partial charge is 0.318 e. The molecule has 0 aromatic heterocycles. The molecule has 0 fully saturated rings. The van der Waals surface area contributed by atoms with Crippen molar-refractivity contribution in [3.63, 3.8) is 0 Å². The van der Waals surface area contributed by atoms with Gasteiger partial charge in [0.1, 0.15) is 0 Å². The maximum absolute atomic E-state index is 12.7. The molecule has 0 unspecified atom stereocenters. The van der Waals surface area contributed by atoms with Crippen molar-refractivity contribution in [3.05, 3.63) is 59.2 Å². The summed E-state index contributed by atoms with van der Waals surface area (Å²) in [5.41, 5.74) is 4.35. The number of carbonyl (C=O) groups is 2. The molecule has 0 radical (unpaired) electrons. The number of urea groups is 1. The van der Waals surface area contributed by atoms with Gasteiger partial charge in [-0.3, -0.25) is 4.79 Å². The zero-order valence-corrected chi connectivity index (χ0v) is 14.1. The van der Waals surface area contributed by atoms with E-state index in [-0.39, 0.29) is 11.9 Å². The largest absolute Gasteiger partial charge is 0.341 e. The van der Waals surface area contributed by atoms with Gasteiger partial charge in [-0.25, -0.2) is 4.79 Å². The molecular weight excluding hydrogens is 302 g/mol. The molecule has 0 bridgehead atoms. The van der Waals surface area contributed by atoms with Crippen molar-refractivity contribution in [1.29, 1.82) is 0 Å². The summed E-state index contributed by atoms with van der Waals surface area (Å²) in [6, 6.07) is 13.2. The van der Waals surface area contributed by atoms with Gasteiger partial charge in [0.15, 0.2) is 0 Å². The zero-order chi connectivity index (χ0) is 17.3. The molecule has 0 saturated heterocycles. The number of nitrogens with one attached hydrogen (secondary N) is 2. The van der Waals surface area contributed by atoms with Crippen molar-refractivity contribution >= 4 is 23.3 Å². The minimum Gasteiger partial charge on any atom is -0.341 e. The number of amides is 3. The van der Waals surface area contributed by atoms with Gasteiger partial charge in [-0.2, -0.15) is 0 Å². The molecule has 1 heterocycles. The maximum Gasteiger partial charge on any atom is 0.318 e. The fourth-order valence-electron chi connectivity index (χ4n) is 2.82. The Morgan fingerprint density at radius 2 is 1.83 bits per heavy atom. The predicted molar refractivity (Wildman–Crippen MR) is 95.6 cm³/mol. The predicted octanol–water partition coefficient (Wildman–Crippen LogP) is 3.72. The van der Waals surface area contributed by atoms with Gasteiger partial charge in [-0.15, -0.1) is 0 Å². The van der Waals surface area contributed by atoms with Crippen LogP contribution < -0.4 is 15.5 Å². The SMILES string of the molecule is CNC(=O)Nc1ccc2c(c1)C(=O)N(c1ccc(C(C)C)cc1)C2. The molecule has 24 heavy (non-hydrogen) atoms. The van der Waals surface area contributed by atoms with Crippen molar-refractivity contribution in [2.75, 3.05) is 17.3 Å². The summed E-state index contributed by atoms with van der Waals surface area (Å²) in [6.07, 6.45) is 0. The van der Waals surface area contributed by atoms with E-state index in [0.717, 1.165) is 11.3 Å². The number of nitrogens with zero attached hydrogens (tertiary/aromatic N) is 1. The van der Waals surface area contributed by atoms with Crippen LogP contribution in [-0.2, 0) is 6.54 Å². The molecule has 3 amide bonds. The van der Waals surface area contributed by atoms with E-state index in [4.69, 9.17) is 0 Å². The third kappa shape index (κ3) is 2.97. The van der Waals surface area contributed by atoms with Crippen LogP contribution >= 0.6 is 0 Å². The van der Waals surface area contributed by atoms with Gasteiger partial charge in [-0.05, 0) is 41.3 Å². The number of anilines is 2. The van der Waals surface area contributed by atoms with E-state index >= 15 is 0 Å². The van der Waals surface area contributed by atoms with Crippen LogP contribution in [0.15, 0.2) is 42.5 Å². The van der Waals surface area contributed by atoms with Gasteiger partial charge in [0.05, 0.1) is 6.54 Å². The Balaban J connectivity index is 1.84. The highest BCUT2D eigenvalue weighted by Crippen LogP contribution is 2.31. The minimum atomic E-state index is -0.304. The molecule has 5 heteroatoms. The number of carbonyl (C=O) groups excluding carboxylic acids is 2. The summed E-state index contributed by atoms with van der Waals surface area (Å²) in [6.45, 7) is 4.84. The second kappa shape index (κ2) is 6.35. The lowest BCUT2D eigenvalue weighted by Crippen LogP contribution is -2.24. The third-order valence-corrected chi connectivity index (χ3v) is 4.27. The Kier molecular flexibility index (Phi) is 4.25. The Morgan fingerprint density at radius 3 is 2.46 bits per heavy atom. The van der Waals surface area contributed by atoms with E-state index in [1.165, 1.54) is 5.56 Å². The first kappa shape index (κ1) is 16.1. The van der Waals surface area contributed by atoms with Crippen molar-refractivity contribution in [2.24, 2.45) is 0 Å². The van der Waals surface area contributed by atoms with E-state index in [1.54, 1.807) is 18.0 Å². The summed E-state index contributed by atoms with van der Waals surface area (Å²) >= 11 is 0. The van der Waals surface area contributed by atoms with Crippen LogP contribution in [-0.4, -0.2) is 19.0 Å². The van der Waals surface area contributed by atoms with Gasteiger partial charge in [0, 0.05) is 24.0 Å². The lowest BCUT2D eigenvalue weighted by molar-refractivity contribution is 0.0996. The first-order chi connectivity index (χ1) is 11.5. The molecule has 1 aliphatic heterocycles. The Hall–Kier alpha value is -2.82. The molecule has 1 aliphatic rings. The summed E-state index contributed by atoms with van der Waals surface area (Å²) in [5.74, 6) is 0.423. The average molecular weight is 323 g/mol. The second-order valence-electron chi connectivity index (χ2n) is 6.21. The minimum absolute atomic E-state index is 0.0390. The molecule has 2 N–H and O–H groups in total. The van der Waals surface area contributed by atoms with E-state index in [1.807, 2.05) is 24.3 Å². The van der Waals surface area contributed by atoms with Gasteiger partial charge >= 0.3 is 6.03 Å². The number of fused-ring (bicyclic) bond motifs is 1. The zero-order valence-electron chi connectivity index (χ0n) is 14.1. The molecule has 2 aromatic carbocycles. The quantitative estimate of drug-likeness (QED) is 0.904. The Labute approximate surface area is 141 Å². The summed E-state index contributed by atoms with van der Waals surface area (Å²) in [7, 11) is 1.55. The molecule has 0 atom stereocenters. The molecule has 5 nitrogen and oxygen atoms in total. The second-order valence-corrected chi connectivity index (χ2v) is 6.21. The van der Waals surface area contributed by atoms with Crippen LogP contribution in [0.3, 0.4) is 0 Å². The Morgan fingerprint density at radius 1 is 1.12 bits per heavy atom. The highest BCUT2D eigenvalue weighted by atomic mass is 16.2. The number of benzene rings is 2. The van der Waals surface area contributed by atoms with E-state index in [0.29, 0.717) is 23.7 Å². The van der Waals surface area contributed by atoms with Crippen LogP contribution in [0.1, 0.15) is 41.3 Å². The maximum atomic E-state index is 12.7. The molecule has 2 aromatic rings. The first-order valence-electron chi connectivity index (χ1n) is 8.03. The van der Waals surface area contributed by atoms with Crippen LogP contribution in [0.5, 0.6) is 0 Å². The van der Waals surface area contributed by atoms with Crippen LogP contribution in [0.25, 0.3) is 0 Å². The van der Waals surface area contributed by atoms with Crippen LogP contribution in [0.4, 0.5) is 16.2 Å². The summed E-state index contributed by atoms with van der Waals surface area (Å²) in [4.78, 5) is 25.9. The highest BCUT2D eigenvalue weighted by molar-refractivity contribution is 6.10. The molecule has 0 saturated carbocycles. The molecule has 0 spiro atoms. The van der Waals surface area contributed by atoms with E-state index < -0.39 is 0 Å². The third-order valence-electron chi connectivity index (χ3n) is 4.27. The van der Waals surface area contributed by atoms with Crippen LogP contribution in [0, 0.1) is 0 Å². The summed E-state index contributed by atoms with van der Waals surface area (Å²) in [5, 5.41) is 5.19. The first-order valence-corrected chi connectivity index (χ1v) is 8.03. The number of rotatable bonds is 3. The topological polar surface area (TPSA) is 61.4 Å². The number of hydrogen-bond acceptors (Lipinski definition) is 2. The fourth-order valence-corrected chi connectivity index (χ4v) is 2.82. The van der Waals surface area contributed by atoms with Crippen LogP contribution in [0.2, 0.25) is 0 Å². The van der Waals surface area contributed by atoms with Crippen molar-refractivity contribution in [1.82, 2.24) is 5.32 Å². The van der Waals surface area contributed by atoms with Gasteiger partial charge in [0.2, 0.25) is 0 Å². The van der Waals surface area contributed by atoms with Crippen molar-refractivity contribution in [3.8, 4) is 0 Å². The normalized spacial score (nSPS) is 13.2. The van der Waals surface area contributed by atoms with E-state index in [9.17, 15) is 9.59 Å². The lowest BCUT2D eigenvalue weighted by atomic mass is 10.0. The van der Waals surface area contributed by atoms with Gasteiger partial charge in [-0.1, -0.05) is 32.0 Å². The van der Waals surface area contributed by atoms with Crippen molar-refractivity contribution < 1.29 is 9.59 Å². The molecule has 124 valence electrons. The average Bonchev–Trinajstić information content (AvgIpc) is 2.91. The fraction of sp³-hybridized carbons (Fsp3) is 0.263. The monoisotopic (exact) mass is 323 g/mol. The number of hydrogen-bond donors (Lipinski definition) is 2. The van der Waals surface area contributed by atoms with Gasteiger partial charge < -0.3 is 15.5 Å². The Bertz CT molecular complexity index is 782. The van der Waals surface area contributed by atoms with Gasteiger partial charge in [0.25, 0.3) is 5.91 Å². The highest BCUT2D eigenvalue weighted by Gasteiger charge is 2.28. The standard InChI is InChI=1S/C19H21N3O2/c1-12(2)13-5-8-16(9-6-13)22-11-14-4-7-15(21-19(24)20-3)10-17(14)18(22)23/h4-10,12H,11H2,1-3H3,(H2,20,21,24). The molecular formula is C19H21N3O2. The van der Waals surface area contributed by atoms with E-state index in [2.05, 4.69) is 36.6 Å². The molecule has 0 aliphatic carbocycles. The lowest BCUT2D eigenvalue weighted by Gasteiger charge is -2.16. The van der Waals surface area contributed by atoms with Crippen molar-refractivity contribution in [2.45, 2.75) is 26.3 Å². The molecule has 3 rings (SSSR count). The summed E-state index contributed by atoms with van der Waals surface area (Å²) < 4.78 is 0.